The Morgan fingerprint density at radius 1 is 1.04 bits per heavy atom. The quantitative estimate of drug-likeness (QED) is 0.331. The van der Waals surface area contributed by atoms with Crippen LogP contribution in [-0.4, -0.2) is 42.3 Å². The van der Waals surface area contributed by atoms with Crippen LogP contribution < -0.4 is 4.74 Å². The second-order valence-electron chi connectivity index (χ2n) is 6.06. The van der Waals surface area contributed by atoms with E-state index in [1.54, 1.807) is 24.3 Å². The van der Waals surface area contributed by atoms with Gasteiger partial charge in [0.2, 0.25) is 0 Å². The Bertz CT molecular complexity index is 977. The summed E-state index contributed by atoms with van der Waals surface area (Å²) in [6, 6.07) is 10.7. The molecular formula is C21H17NO6. The van der Waals surface area contributed by atoms with E-state index in [2.05, 4.69) is 11.3 Å². The molecule has 1 heterocycles. The van der Waals surface area contributed by atoms with Gasteiger partial charge in [0.1, 0.15) is 5.75 Å². The van der Waals surface area contributed by atoms with E-state index in [4.69, 9.17) is 4.74 Å². The van der Waals surface area contributed by atoms with Crippen molar-refractivity contribution >= 4 is 23.8 Å². The lowest BCUT2D eigenvalue weighted by Crippen LogP contribution is -2.29. The lowest BCUT2D eigenvalue weighted by Gasteiger charge is -2.09. The molecule has 28 heavy (non-hydrogen) atoms. The first-order valence-electron chi connectivity index (χ1n) is 8.43. The number of hydrogen-bond acceptors (Lipinski definition) is 6. The molecule has 0 fully saturated rings. The van der Waals surface area contributed by atoms with Gasteiger partial charge in [-0.3, -0.25) is 19.3 Å². The molecule has 1 aliphatic rings. The molecule has 1 aliphatic heterocycles. The van der Waals surface area contributed by atoms with Crippen molar-refractivity contribution in [2.45, 2.75) is 6.42 Å². The van der Waals surface area contributed by atoms with Crippen LogP contribution in [0.3, 0.4) is 0 Å². The van der Waals surface area contributed by atoms with Gasteiger partial charge >= 0.3 is 11.9 Å². The van der Waals surface area contributed by atoms with E-state index in [0.29, 0.717) is 0 Å². The Hall–Kier alpha value is -3.74. The first-order chi connectivity index (χ1) is 13.4. The van der Waals surface area contributed by atoms with Crippen molar-refractivity contribution in [3.63, 3.8) is 0 Å². The van der Waals surface area contributed by atoms with Gasteiger partial charge in [-0.1, -0.05) is 18.2 Å². The van der Waals surface area contributed by atoms with Crippen molar-refractivity contribution in [1.82, 2.24) is 4.90 Å². The fourth-order valence-electron chi connectivity index (χ4n) is 2.79. The van der Waals surface area contributed by atoms with Gasteiger partial charge in [-0.25, -0.2) is 4.79 Å². The molecule has 0 N–H and O–H groups in total. The maximum absolute atomic E-state index is 12.4. The lowest BCUT2D eigenvalue weighted by atomic mass is 10.1. The molecule has 0 unspecified atom stereocenters. The van der Waals surface area contributed by atoms with Crippen molar-refractivity contribution in [2.75, 3.05) is 13.7 Å². The zero-order valence-electron chi connectivity index (χ0n) is 15.1. The number of carbonyl (C=O) groups is 4. The third kappa shape index (κ3) is 3.68. The number of hydrogen-bond donors (Lipinski definition) is 0. The Morgan fingerprint density at radius 3 is 2.36 bits per heavy atom. The molecule has 3 rings (SSSR count). The number of benzene rings is 2. The number of nitrogens with zero attached hydrogens (tertiary/aromatic N) is 1. The predicted octanol–water partition coefficient (Wildman–Crippen LogP) is 2.40. The highest BCUT2D eigenvalue weighted by atomic mass is 16.5. The topological polar surface area (TPSA) is 90.0 Å². The standard InChI is InChI=1S/C21H17NO6/c1-3-10-22-19(24)16-9-6-14(12-17(16)20(22)25)21(26)28-15-7-4-13(5-8-15)11-18(23)27-2/h3-9,12H,1,10-11H2,2H3. The minimum atomic E-state index is -0.661. The number of carbonyl (C=O) groups excluding carboxylic acids is 4. The van der Waals surface area contributed by atoms with Gasteiger partial charge in [-0.2, -0.15) is 0 Å². The Balaban J connectivity index is 1.74. The largest absolute Gasteiger partial charge is 0.469 e. The van der Waals surface area contributed by atoms with Crippen LogP contribution >= 0.6 is 0 Å². The molecule has 2 amide bonds. The minimum Gasteiger partial charge on any atom is -0.469 e. The molecule has 2 aromatic carbocycles. The number of ether oxygens (including phenoxy) is 2. The first kappa shape index (κ1) is 19.0. The SMILES string of the molecule is C=CCN1C(=O)c2ccc(C(=O)Oc3ccc(CC(=O)OC)cc3)cc2C1=O. The molecule has 0 saturated heterocycles. The number of methoxy groups -OCH3 is 1. The highest BCUT2D eigenvalue weighted by molar-refractivity contribution is 6.22. The first-order valence-corrected chi connectivity index (χ1v) is 8.43. The maximum Gasteiger partial charge on any atom is 0.343 e. The summed E-state index contributed by atoms with van der Waals surface area (Å²) < 4.78 is 9.90. The molecule has 142 valence electrons. The highest BCUT2D eigenvalue weighted by Crippen LogP contribution is 2.24. The Morgan fingerprint density at radius 2 is 1.71 bits per heavy atom. The summed E-state index contributed by atoms with van der Waals surface area (Å²) in [7, 11) is 1.31. The molecule has 0 aromatic heterocycles. The van der Waals surface area contributed by atoms with E-state index in [0.717, 1.165) is 10.5 Å². The average Bonchev–Trinajstić information content (AvgIpc) is 2.94. The maximum atomic E-state index is 12.4. The molecule has 7 nitrogen and oxygen atoms in total. The predicted molar refractivity (Wildman–Crippen MR) is 99.1 cm³/mol. The third-order valence-corrected chi connectivity index (χ3v) is 4.23. The van der Waals surface area contributed by atoms with Crippen LogP contribution in [0.2, 0.25) is 0 Å². The van der Waals surface area contributed by atoms with Crippen LogP contribution in [0.1, 0.15) is 36.6 Å². The van der Waals surface area contributed by atoms with Crippen LogP contribution in [0, 0.1) is 0 Å². The fraction of sp³-hybridized carbons (Fsp3) is 0.143. The van der Waals surface area contributed by atoms with Crippen molar-refractivity contribution < 1.29 is 28.7 Å². The number of esters is 2. The van der Waals surface area contributed by atoms with E-state index in [9.17, 15) is 19.2 Å². The van der Waals surface area contributed by atoms with E-state index >= 15 is 0 Å². The van der Waals surface area contributed by atoms with E-state index in [-0.39, 0.29) is 41.4 Å². The lowest BCUT2D eigenvalue weighted by molar-refractivity contribution is -0.139. The summed E-state index contributed by atoms with van der Waals surface area (Å²) in [6.07, 6.45) is 1.58. The van der Waals surface area contributed by atoms with E-state index < -0.39 is 17.8 Å². The second kappa shape index (κ2) is 7.87. The summed E-state index contributed by atoms with van der Waals surface area (Å²) in [5.41, 5.74) is 1.28. The molecule has 0 bridgehead atoms. The van der Waals surface area contributed by atoms with Gasteiger partial charge in [0.15, 0.2) is 0 Å². The van der Waals surface area contributed by atoms with Gasteiger partial charge in [0.05, 0.1) is 30.2 Å². The highest BCUT2D eigenvalue weighted by Gasteiger charge is 2.35. The molecule has 0 atom stereocenters. The normalized spacial score (nSPS) is 12.5. The summed E-state index contributed by atoms with van der Waals surface area (Å²) >= 11 is 0. The zero-order valence-corrected chi connectivity index (χ0v) is 15.1. The summed E-state index contributed by atoms with van der Waals surface area (Å²) in [5, 5.41) is 0. The monoisotopic (exact) mass is 379 g/mol. The minimum absolute atomic E-state index is 0.101. The number of fused-ring (bicyclic) bond motifs is 1. The summed E-state index contributed by atoms with van der Waals surface area (Å²) in [6.45, 7) is 3.63. The van der Waals surface area contributed by atoms with Crippen molar-refractivity contribution in [2.24, 2.45) is 0 Å². The summed E-state index contributed by atoms with van der Waals surface area (Å²) in [5.74, 6) is -1.63. The van der Waals surface area contributed by atoms with Crippen LogP contribution in [0.25, 0.3) is 0 Å². The third-order valence-electron chi connectivity index (χ3n) is 4.23. The van der Waals surface area contributed by atoms with Gasteiger partial charge in [-0.05, 0) is 35.9 Å². The second-order valence-corrected chi connectivity index (χ2v) is 6.06. The number of amides is 2. The molecule has 7 heteroatoms. The molecule has 0 aliphatic carbocycles. The van der Waals surface area contributed by atoms with Crippen molar-refractivity contribution in [1.29, 1.82) is 0 Å². The van der Waals surface area contributed by atoms with Crippen molar-refractivity contribution in [3.05, 3.63) is 77.4 Å². The molecule has 0 saturated carbocycles. The zero-order chi connectivity index (χ0) is 20.3. The average molecular weight is 379 g/mol. The van der Waals surface area contributed by atoms with Crippen LogP contribution in [0.15, 0.2) is 55.1 Å². The number of imide groups is 1. The van der Waals surface area contributed by atoms with Gasteiger partial charge in [-0.15, -0.1) is 6.58 Å². The smallest absolute Gasteiger partial charge is 0.343 e. The van der Waals surface area contributed by atoms with Crippen LogP contribution in [-0.2, 0) is 16.0 Å². The molecule has 0 radical (unpaired) electrons. The number of rotatable bonds is 6. The Kier molecular flexibility index (Phi) is 5.35. The van der Waals surface area contributed by atoms with Crippen LogP contribution in [0.4, 0.5) is 0 Å². The molecule has 2 aromatic rings. The molecule has 0 spiro atoms. The summed E-state index contributed by atoms with van der Waals surface area (Å²) in [4.78, 5) is 49.3. The van der Waals surface area contributed by atoms with Gasteiger partial charge in [0.25, 0.3) is 11.8 Å². The van der Waals surface area contributed by atoms with Gasteiger partial charge in [0, 0.05) is 6.54 Å². The van der Waals surface area contributed by atoms with E-state index in [1.807, 2.05) is 0 Å². The van der Waals surface area contributed by atoms with Gasteiger partial charge < -0.3 is 9.47 Å². The molecular weight excluding hydrogens is 362 g/mol. The Labute approximate surface area is 161 Å². The van der Waals surface area contributed by atoms with Crippen LogP contribution in [0.5, 0.6) is 5.75 Å². The fourth-order valence-corrected chi connectivity index (χ4v) is 2.79. The van der Waals surface area contributed by atoms with E-state index in [1.165, 1.54) is 31.4 Å². The van der Waals surface area contributed by atoms with Crippen molar-refractivity contribution in [3.8, 4) is 5.75 Å².